The highest BCUT2D eigenvalue weighted by Gasteiger charge is 2.52. The average Bonchev–Trinajstić information content (AvgIpc) is 1.57. The molecule has 0 unspecified atom stereocenters. The molecule has 16 aromatic rings. The van der Waals surface area contributed by atoms with Gasteiger partial charge in [0, 0.05) is 55.8 Å². The average molecular weight is 1760 g/mol. The third kappa shape index (κ3) is 19.2. The number of fused-ring (bicyclic) bond motifs is 2. The van der Waals surface area contributed by atoms with E-state index in [1.54, 1.807) is 60.9 Å². The molecule has 646 valence electrons. The van der Waals surface area contributed by atoms with E-state index in [1.807, 2.05) is 155 Å². The molecular formula is C115H122BBrN6O4. The topological polar surface area (TPSA) is 120 Å². The highest BCUT2D eigenvalue weighted by Crippen LogP contribution is 2.49. The first-order valence-corrected chi connectivity index (χ1v) is 43.1. The van der Waals surface area contributed by atoms with E-state index in [0.29, 0.717) is 84.3 Å². The minimum absolute atomic E-state index is 0. The van der Waals surface area contributed by atoms with Crippen molar-refractivity contribution in [1.29, 1.82) is 0 Å². The molecule has 4 aromatic heterocycles. The molecule has 10 nitrogen and oxygen atoms in total. The molecule has 12 heteroatoms. The Hall–Kier alpha value is -12.1. The first-order chi connectivity index (χ1) is 67.8. The van der Waals surface area contributed by atoms with Crippen LogP contribution in [0.2, 0.25) is 0 Å². The van der Waals surface area contributed by atoms with Crippen molar-refractivity contribution in [3.8, 4) is 124 Å². The van der Waals surface area contributed by atoms with Gasteiger partial charge in [-0.25, -0.2) is 9.97 Å². The Labute approximate surface area is 790 Å². The summed E-state index contributed by atoms with van der Waals surface area (Å²) >= 11 is 3.65. The van der Waals surface area contributed by atoms with Crippen molar-refractivity contribution < 1.29 is 46.9 Å². The van der Waals surface area contributed by atoms with Gasteiger partial charge in [-0.15, -0.1) is 0 Å². The lowest BCUT2D eigenvalue weighted by Gasteiger charge is -2.32. The fourth-order valence-corrected chi connectivity index (χ4v) is 15.8. The summed E-state index contributed by atoms with van der Waals surface area (Å²) in [5, 5.41) is 24.3. The number of rotatable bonds is 12. The summed E-state index contributed by atoms with van der Waals surface area (Å²) in [4.78, 5) is 19.8. The van der Waals surface area contributed by atoms with Gasteiger partial charge in [0.15, 0.2) is 0 Å². The summed E-state index contributed by atoms with van der Waals surface area (Å²) in [5.74, 6) is 1.03. The van der Waals surface area contributed by atoms with E-state index >= 15 is 0 Å². The van der Waals surface area contributed by atoms with Crippen molar-refractivity contribution in [1.82, 2.24) is 29.1 Å². The fraction of sp³-hybridized carbons (Fsp3) is 0.270. The van der Waals surface area contributed by atoms with E-state index in [9.17, 15) is 10.2 Å². The Morgan fingerprint density at radius 2 is 0.693 bits per heavy atom. The number of nitrogens with zero attached hydrogens (tertiary/aromatic N) is 6. The number of phenolic OH excluding ortho intramolecular Hbond substituents is 2. The lowest BCUT2D eigenvalue weighted by Crippen LogP contribution is -2.41. The molecule has 1 saturated heterocycles. The minimum Gasteiger partial charge on any atom is -0.507 e. The van der Waals surface area contributed by atoms with Crippen LogP contribution in [0.3, 0.4) is 0 Å². The van der Waals surface area contributed by atoms with Gasteiger partial charge < -0.3 is 19.5 Å². The third-order valence-corrected chi connectivity index (χ3v) is 24.0. The van der Waals surface area contributed by atoms with Crippen molar-refractivity contribution >= 4 is 50.6 Å². The zero-order valence-corrected chi connectivity index (χ0v) is 77.3. The quantitative estimate of drug-likeness (QED) is 0.116. The first kappa shape index (κ1) is 68.2. The molecule has 0 aliphatic carbocycles. The number of para-hydroxylation sites is 4. The van der Waals surface area contributed by atoms with Crippen LogP contribution in [0.1, 0.15) is 221 Å². The van der Waals surface area contributed by atoms with E-state index in [4.69, 9.17) is 51.7 Å². The second-order valence-corrected chi connectivity index (χ2v) is 40.1. The molecule has 2 N–H and O–H groups in total. The van der Waals surface area contributed by atoms with Gasteiger partial charge in [-0.3, -0.25) is 19.1 Å². The lowest BCUT2D eigenvalue weighted by atomic mass is 9.74. The summed E-state index contributed by atoms with van der Waals surface area (Å²) in [6.07, 6.45) is 3.17. The summed E-state index contributed by atoms with van der Waals surface area (Å²) < 4.78 is 186. The largest absolute Gasteiger partial charge is 0.507 e. The Morgan fingerprint density at radius 3 is 1.11 bits per heavy atom. The van der Waals surface area contributed by atoms with Crippen molar-refractivity contribution in [2.24, 2.45) is 0 Å². The zero-order valence-electron chi connectivity index (χ0n) is 95.7. The number of hydrogen-bond acceptors (Lipinski definition) is 8. The SMILES string of the molecule is C.[2H]c1c([2H])c([2H])c(-c2ccccc2-n2c(-c3cc(C(C)(C)C)cc(C(C)(C)C)c3O)nc3c(Br)cccc32)c([2H])c1[2H].[2H]c1c([2H])c([2H])c(-c2ccnc(-c3cc(-c4cccc5c4nc(-c4cc(C(C)(C)C)cc(C(C)(C)C)c4O)n5-c4ccccc4-c4c([2H])c([2H])c([2H])c([2H])c4[2H])cc(C(C)(C)C)c3)c2)c([2H])c1[2H].[2H]c1c([2H])c([2H])c(-c2ccnc(-c3cc(B4OC(C)(C)C(C)(C)O4)cc(C(C)(C)C)c3)c2)c([2H])c1[2H]. The molecule has 127 heavy (non-hydrogen) atoms. The van der Waals surface area contributed by atoms with E-state index < -0.39 is 84.2 Å². The number of phenols is 2. The van der Waals surface area contributed by atoms with Crippen molar-refractivity contribution in [2.75, 3.05) is 0 Å². The summed E-state index contributed by atoms with van der Waals surface area (Å²) in [6, 6.07) is 45.6. The number of benzene rings is 12. The standard InChI is InChI=1S/C54H53N3O.C33H33BrN2O.C27H32BNO2.CH4/c1-52(2,3)40-30-38(29-39(31-40)46-32-37(27-28-55-46)35-19-12-10-13-20-35)43-24-18-26-48-49(43)56-51(44-33-41(53(4,5)6)34-45(50(44)58)54(7,8)9)57(48)47-25-17-16-23-42(47)36-21-14-11-15-22-36;1-32(2,3)22-19-24(30(37)25(20-22)33(4,5)6)31-35-29-26(34)16-12-18-28(29)36(31)27-17-11-10-15-23(27)21-13-8-7-9-14-21;1-25(2,3)22-15-21(16-23(18-22)28-30-26(4,5)27(6,7)31-28)24-17-20(13-14-29-24)19-11-9-8-10-12-19;/h10-34,58H,1-9H3;7-20,37H,1-6H3;8-18H,1-7H3;1H4/i10D,11D,12D,13D,14D,15D,19D,20D,21D,22D;7D,8D,9D,13D,14D;8D,9D,10D,11D,12D;. The van der Waals surface area contributed by atoms with Gasteiger partial charge >= 0.3 is 7.12 Å². The van der Waals surface area contributed by atoms with Gasteiger partial charge in [0.1, 0.15) is 28.7 Å². The lowest BCUT2D eigenvalue weighted by molar-refractivity contribution is 0.00578. The van der Waals surface area contributed by atoms with Gasteiger partial charge in [-0.2, -0.15) is 0 Å². The second kappa shape index (κ2) is 35.3. The van der Waals surface area contributed by atoms with Crippen LogP contribution in [0.15, 0.2) is 308 Å². The normalized spacial score (nSPS) is 15.7. The number of aromatic hydroxyl groups is 2. The smallest absolute Gasteiger partial charge is 0.494 e. The maximum atomic E-state index is 12.5. The van der Waals surface area contributed by atoms with E-state index in [0.717, 1.165) is 71.1 Å². The Kier molecular flexibility index (Phi) is 18.9. The molecule has 17 rings (SSSR count). The van der Waals surface area contributed by atoms with Gasteiger partial charge in [0.2, 0.25) is 0 Å². The van der Waals surface area contributed by atoms with Crippen molar-refractivity contribution in [2.45, 2.75) is 203 Å². The Balaban J connectivity index is 0.000000185. The predicted molar refractivity (Wildman–Crippen MR) is 539 cm³/mol. The molecule has 1 aliphatic heterocycles. The maximum absolute atomic E-state index is 12.5. The van der Waals surface area contributed by atoms with Crippen LogP contribution in [-0.4, -0.2) is 57.6 Å². The van der Waals surface area contributed by atoms with Gasteiger partial charge in [-0.1, -0.05) is 338 Å². The number of hydrogen-bond donors (Lipinski definition) is 2. The summed E-state index contributed by atoms with van der Waals surface area (Å²) in [6.45, 7) is 45.8. The van der Waals surface area contributed by atoms with Crippen molar-refractivity contribution in [3.05, 3.63) is 341 Å². The molecule has 0 bridgehead atoms. The van der Waals surface area contributed by atoms with Crippen LogP contribution >= 0.6 is 15.9 Å². The van der Waals surface area contributed by atoms with E-state index in [1.165, 1.54) is 0 Å². The first-order valence-electron chi connectivity index (χ1n) is 52.3. The van der Waals surface area contributed by atoms with Crippen molar-refractivity contribution in [3.63, 3.8) is 0 Å². The molecule has 0 radical (unpaired) electrons. The molecule has 0 spiro atoms. The Morgan fingerprint density at radius 1 is 0.339 bits per heavy atom. The number of pyridine rings is 2. The number of aromatic nitrogens is 6. The highest BCUT2D eigenvalue weighted by molar-refractivity contribution is 9.10. The fourth-order valence-electron chi connectivity index (χ4n) is 15.4. The highest BCUT2D eigenvalue weighted by atomic mass is 79.9. The monoisotopic (exact) mass is 1760 g/mol. The van der Waals surface area contributed by atoms with Gasteiger partial charge in [0.25, 0.3) is 0 Å². The summed E-state index contributed by atoms with van der Waals surface area (Å²) in [5.41, 5.74) is 14.6. The van der Waals surface area contributed by atoms with Crippen LogP contribution in [-0.2, 0) is 41.8 Å². The van der Waals surface area contributed by atoms with Crippen LogP contribution in [0.5, 0.6) is 11.5 Å². The minimum atomic E-state index is -0.541. The third-order valence-electron chi connectivity index (χ3n) is 23.3. The summed E-state index contributed by atoms with van der Waals surface area (Å²) in [7, 11) is -0.541. The molecule has 0 atom stereocenters. The molecule has 0 saturated carbocycles. The number of imidazole rings is 2. The molecule has 12 aromatic carbocycles. The molecule has 1 fully saturated rings. The van der Waals surface area contributed by atoms with Crippen LogP contribution in [0.4, 0.5) is 0 Å². The predicted octanol–water partition coefficient (Wildman–Crippen LogP) is 30.4. The van der Waals surface area contributed by atoms with Gasteiger partial charge in [0.05, 0.1) is 89.1 Å². The number of halogens is 1. The maximum Gasteiger partial charge on any atom is 0.494 e. The molecule has 1 aliphatic rings. The molecule has 5 heterocycles. The molecule has 0 amide bonds. The van der Waals surface area contributed by atoms with E-state index in [-0.39, 0.29) is 129 Å². The van der Waals surface area contributed by atoms with Crippen LogP contribution < -0.4 is 5.46 Å². The zero-order chi connectivity index (χ0) is 107. The molecular weight excluding hydrogens is 1620 g/mol. The second-order valence-electron chi connectivity index (χ2n) is 39.3. The van der Waals surface area contributed by atoms with Crippen LogP contribution in [0.25, 0.3) is 134 Å². The van der Waals surface area contributed by atoms with E-state index in [2.05, 4.69) is 149 Å². The Bertz CT molecular complexity index is 7880. The van der Waals surface area contributed by atoms with Crippen LogP contribution in [0, 0.1) is 0 Å². The van der Waals surface area contributed by atoms with Gasteiger partial charge in [-0.05, 0) is 228 Å².